The van der Waals surface area contributed by atoms with Gasteiger partial charge in [-0.2, -0.15) is 0 Å². The highest BCUT2D eigenvalue weighted by molar-refractivity contribution is 5.39. The zero-order valence-electron chi connectivity index (χ0n) is 29.2. The molecule has 0 spiro atoms. The second-order valence-corrected chi connectivity index (χ2v) is 14.1. The maximum absolute atomic E-state index is 5.43. The molecule has 0 saturated carbocycles. The van der Waals surface area contributed by atoms with Crippen LogP contribution >= 0.6 is 0 Å². The molecule has 4 aliphatic rings. The quantitative estimate of drug-likeness (QED) is 0.334. The summed E-state index contributed by atoms with van der Waals surface area (Å²) in [6.45, 7) is 12.0. The van der Waals surface area contributed by atoms with Crippen LogP contribution in [0.1, 0.15) is 87.5 Å². The molecule has 45 heavy (non-hydrogen) atoms. The Morgan fingerprint density at radius 3 is 1.56 bits per heavy atom. The number of fused-ring (bicyclic) bond motifs is 2. The molecular formula is C39H62N4O2. The van der Waals surface area contributed by atoms with E-state index in [1.54, 1.807) is 14.2 Å². The Kier molecular flexibility index (Phi) is 13.0. The molecule has 1 N–H and O–H groups in total. The van der Waals surface area contributed by atoms with Crippen molar-refractivity contribution in [3.63, 3.8) is 0 Å². The number of nitrogens with one attached hydrogen (secondary N) is 1. The summed E-state index contributed by atoms with van der Waals surface area (Å²) in [5, 5.41) is 3.50. The molecule has 2 atom stereocenters. The average molecular weight is 619 g/mol. The summed E-state index contributed by atoms with van der Waals surface area (Å²) in [5.41, 5.74) is 6.07. The molecule has 0 amide bonds. The number of ether oxygens (including phenoxy) is 2. The van der Waals surface area contributed by atoms with Crippen molar-refractivity contribution in [3.05, 3.63) is 58.7 Å². The third-order valence-electron chi connectivity index (χ3n) is 11.1. The van der Waals surface area contributed by atoms with Crippen LogP contribution in [0.4, 0.5) is 0 Å². The molecule has 2 fully saturated rings. The van der Waals surface area contributed by atoms with E-state index in [2.05, 4.69) is 77.3 Å². The van der Waals surface area contributed by atoms with E-state index in [9.17, 15) is 0 Å². The second-order valence-electron chi connectivity index (χ2n) is 14.1. The molecule has 2 aliphatic carbocycles. The van der Waals surface area contributed by atoms with E-state index in [1.807, 2.05) is 0 Å². The first-order valence-electron chi connectivity index (χ1n) is 18.2. The van der Waals surface area contributed by atoms with Crippen LogP contribution in [0.3, 0.4) is 0 Å². The van der Waals surface area contributed by atoms with Crippen molar-refractivity contribution in [2.45, 2.75) is 115 Å². The molecule has 6 heteroatoms. The lowest BCUT2D eigenvalue weighted by atomic mass is 9.86. The van der Waals surface area contributed by atoms with Gasteiger partial charge in [-0.3, -0.25) is 9.80 Å². The zero-order valence-corrected chi connectivity index (χ0v) is 29.2. The lowest BCUT2D eigenvalue weighted by Gasteiger charge is -2.43. The van der Waals surface area contributed by atoms with Gasteiger partial charge >= 0.3 is 0 Å². The maximum Gasteiger partial charge on any atom is 0.119 e. The predicted octanol–water partition coefficient (Wildman–Crippen LogP) is 6.38. The minimum atomic E-state index is 0.711. The number of nitrogens with zero attached hydrogens (tertiary/aromatic N) is 3. The molecule has 0 bridgehead atoms. The third-order valence-corrected chi connectivity index (χ3v) is 11.1. The first kappa shape index (κ1) is 34.2. The van der Waals surface area contributed by atoms with Gasteiger partial charge in [-0.25, -0.2) is 0 Å². The smallest absolute Gasteiger partial charge is 0.119 e. The van der Waals surface area contributed by atoms with Crippen LogP contribution in [-0.4, -0.2) is 99.4 Å². The molecular weight excluding hydrogens is 556 g/mol. The summed E-state index contributed by atoms with van der Waals surface area (Å²) in [6, 6.07) is 16.3. The standard InChI is InChI=1S/C20H32N2O.C19H30N2O/c1-4-11-22(18-9-12-21(2)13-10-18)19-7-5-16-6-8-20(23-3)15-17(16)14-19;1-3-12-21(17-8-10-20-11-9-17)18-6-4-15-5-7-19(22-2)14-16(15)13-18/h6,8,15,18-19H,4-5,7,9-14H2,1-3H3;5,7,14,17-18,20H,3-4,6,8-13H2,1-2H3. The topological polar surface area (TPSA) is 40.2 Å². The summed E-state index contributed by atoms with van der Waals surface area (Å²) in [7, 11) is 5.79. The van der Waals surface area contributed by atoms with Gasteiger partial charge in [-0.1, -0.05) is 26.0 Å². The number of rotatable bonds is 10. The van der Waals surface area contributed by atoms with E-state index in [-0.39, 0.29) is 0 Å². The molecule has 2 aromatic rings. The number of likely N-dealkylation sites (tertiary alicyclic amines) is 1. The van der Waals surface area contributed by atoms with Gasteiger partial charge in [-0.15, -0.1) is 0 Å². The van der Waals surface area contributed by atoms with E-state index >= 15 is 0 Å². The third kappa shape index (κ3) is 9.03. The van der Waals surface area contributed by atoms with Crippen molar-refractivity contribution in [1.29, 1.82) is 0 Å². The largest absolute Gasteiger partial charge is 0.497 e. The molecule has 6 nitrogen and oxygen atoms in total. The number of benzene rings is 2. The van der Waals surface area contributed by atoms with Crippen LogP contribution in [0.25, 0.3) is 0 Å². The van der Waals surface area contributed by atoms with Gasteiger partial charge < -0.3 is 19.7 Å². The fourth-order valence-corrected chi connectivity index (χ4v) is 8.56. The van der Waals surface area contributed by atoms with Gasteiger partial charge in [0.25, 0.3) is 0 Å². The minimum absolute atomic E-state index is 0.711. The van der Waals surface area contributed by atoms with Crippen molar-refractivity contribution < 1.29 is 9.47 Å². The molecule has 0 aromatic heterocycles. The Balaban J connectivity index is 0.000000178. The summed E-state index contributed by atoms with van der Waals surface area (Å²) in [6.07, 6.45) is 15.2. The Hall–Kier alpha value is -2.12. The molecule has 2 heterocycles. The first-order valence-corrected chi connectivity index (χ1v) is 18.2. The van der Waals surface area contributed by atoms with E-state index in [0.29, 0.717) is 12.1 Å². The lowest BCUT2D eigenvalue weighted by Crippen LogP contribution is -2.50. The van der Waals surface area contributed by atoms with Crippen LogP contribution in [0.5, 0.6) is 11.5 Å². The van der Waals surface area contributed by atoms with Crippen molar-refractivity contribution in [2.24, 2.45) is 0 Å². The molecule has 2 saturated heterocycles. The molecule has 2 aliphatic heterocycles. The molecule has 2 aromatic carbocycles. The van der Waals surface area contributed by atoms with Gasteiger partial charge in [0, 0.05) is 24.2 Å². The van der Waals surface area contributed by atoms with E-state index in [0.717, 1.165) is 23.6 Å². The number of piperidine rings is 2. The summed E-state index contributed by atoms with van der Waals surface area (Å²) >= 11 is 0. The van der Waals surface area contributed by atoms with Crippen LogP contribution in [0, 0.1) is 0 Å². The Bertz CT molecular complexity index is 1170. The van der Waals surface area contributed by atoms with Crippen molar-refractivity contribution in [2.75, 3.05) is 60.5 Å². The van der Waals surface area contributed by atoms with Crippen LogP contribution in [0.2, 0.25) is 0 Å². The number of aryl methyl sites for hydroxylation is 2. The van der Waals surface area contributed by atoms with Crippen molar-refractivity contribution in [3.8, 4) is 11.5 Å². The second kappa shape index (κ2) is 17.2. The predicted molar refractivity (Wildman–Crippen MR) is 188 cm³/mol. The van der Waals surface area contributed by atoms with Crippen molar-refractivity contribution >= 4 is 0 Å². The summed E-state index contributed by atoms with van der Waals surface area (Å²) < 4.78 is 10.9. The van der Waals surface area contributed by atoms with Gasteiger partial charge in [0.05, 0.1) is 14.2 Å². The Morgan fingerprint density at radius 2 is 1.11 bits per heavy atom. The highest BCUT2D eigenvalue weighted by Gasteiger charge is 2.32. The number of methoxy groups -OCH3 is 2. The van der Waals surface area contributed by atoms with Crippen molar-refractivity contribution in [1.82, 2.24) is 20.0 Å². The van der Waals surface area contributed by atoms with Crippen LogP contribution in [0.15, 0.2) is 36.4 Å². The SMILES string of the molecule is CCCN(C1CCN(C)CC1)C1CCc2ccc(OC)cc2C1.CCCN(C1CCNCC1)C1CCc2ccc(OC)cc2C1. The molecule has 250 valence electrons. The van der Waals surface area contributed by atoms with Gasteiger partial charge in [-0.05, 0) is 170 Å². The van der Waals surface area contributed by atoms with Gasteiger partial charge in [0.2, 0.25) is 0 Å². The fraction of sp³-hybridized carbons (Fsp3) is 0.692. The molecule has 0 radical (unpaired) electrons. The molecule has 6 rings (SSSR count). The Labute approximate surface area is 274 Å². The first-order chi connectivity index (χ1) is 22.0. The average Bonchev–Trinajstić information content (AvgIpc) is 3.09. The van der Waals surface area contributed by atoms with E-state index in [4.69, 9.17) is 9.47 Å². The highest BCUT2D eigenvalue weighted by Crippen LogP contribution is 2.32. The highest BCUT2D eigenvalue weighted by atomic mass is 16.5. The number of hydrogen-bond acceptors (Lipinski definition) is 6. The molecule has 2 unspecified atom stereocenters. The summed E-state index contributed by atoms with van der Waals surface area (Å²) in [4.78, 5) is 8.14. The lowest BCUT2D eigenvalue weighted by molar-refractivity contribution is 0.0742. The fourth-order valence-electron chi connectivity index (χ4n) is 8.56. The maximum atomic E-state index is 5.43. The normalized spacial score (nSPS) is 22.8. The van der Waals surface area contributed by atoms with Crippen LogP contribution < -0.4 is 14.8 Å². The zero-order chi connectivity index (χ0) is 31.6. The van der Waals surface area contributed by atoms with Crippen LogP contribution in [-0.2, 0) is 25.7 Å². The van der Waals surface area contributed by atoms with E-state index in [1.165, 1.54) is 139 Å². The van der Waals surface area contributed by atoms with Gasteiger partial charge in [0.15, 0.2) is 0 Å². The summed E-state index contributed by atoms with van der Waals surface area (Å²) in [5.74, 6) is 2.01. The minimum Gasteiger partial charge on any atom is -0.497 e. The monoisotopic (exact) mass is 618 g/mol. The van der Waals surface area contributed by atoms with Gasteiger partial charge in [0.1, 0.15) is 11.5 Å². The Morgan fingerprint density at radius 1 is 0.644 bits per heavy atom. The van der Waals surface area contributed by atoms with E-state index < -0.39 is 0 Å². The number of hydrogen-bond donors (Lipinski definition) is 1.